The third-order valence-electron chi connectivity index (χ3n) is 8.40. The predicted molar refractivity (Wildman–Crippen MR) is 126 cm³/mol. The number of allylic oxidation sites excluding steroid dienone is 3. The average molecular weight is 529 g/mol. The van der Waals surface area contributed by atoms with E-state index in [0.717, 1.165) is 19.3 Å². The molecule has 4 rings (SSSR count). The number of carbonyl (C=O) groups is 1. The number of carbonyl (C=O) groups excluding carboxylic acids is 1. The summed E-state index contributed by atoms with van der Waals surface area (Å²) in [5.41, 5.74) is 0. The number of hydrogen-bond acceptors (Lipinski definition) is 7. The lowest BCUT2D eigenvalue weighted by molar-refractivity contribution is -0.314. The van der Waals surface area contributed by atoms with Crippen LogP contribution < -0.4 is 0 Å². The van der Waals surface area contributed by atoms with Crippen molar-refractivity contribution in [2.45, 2.75) is 63.0 Å². The van der Waals surface area contributed by atoms with Crippen LogP contribution in [0.4, 0.5) is 0 Å². The first-order valence-corrected chi connectivity index (χ1v) is 12.6. The van der Waals surface area contributed by atoms with Crippen LogP contribution in [-0.4, -0.2) is 71.2 Å². The minimum absolute atomic E-state index is 0.0329. The Morgan fingerprint density at radius 1 is 1.06 bits per heavy atom. The molecule has 0 aromatic heterocycles. The van der Waals surface area contributed by atoms with Crippen LogP contribution in [0.1, 0.15) is 26.2 Å². The molecule has 8 heteroatoms. The Balaban J connectivity index is 1.49. The maximum Gasteiger partial charge on any atom is 0.309 e. The zero-order valence-corrected chi connectivity index (χ0v) is 21.7. The summed E-state index contributed by atoms with van der Waals surface area (Å²) < 4.78 is 36.1. The molecule has 4 aliphatic rings. The van der Waals surface area contributed by atoms with Crippen molar-refractivity contribution >= 4 is 21.9 Å². The third kappa shape index (κ3) is 4.47. The summed E-state index contributed by atoms with van der Waals surface area (Å²) in [4.78, 5) is 12.5. The number of esters is 1. The first-order chi connectivity index (χ1) is 15.9. The number of halogens is 1. The summed E-state index contributed by atoms with van der Waals surface area (Å²) in [6, 6.07) is 0. The number of hydrogen-bond donors (Lipinski definition) is 0. The zero-order valence-electron chi connectivity index (χ0n) is 20.1. The van der Waals surface area contributed by atoms with Gasteiger partial charge < -0.3 is 28.4 Å². The molecule has 0 aromatic rings. The van der Waals surface area contributed by atoms with Crippen LogP contribution in [0.2, 0.25) is 0 Å². The zero-order chi connectivity index (χ0) is 23.9. The molecule has 1 saturated heterocycles. The van der Waals surface area contributed by atoms with Gasteiger partial charge in [0.25, 0.3) is 0 Å². The Bertz CT molecular complexity index is 757. The summed E-state index contributed by atoms with van der Waals surface area (Å²) in [5, 5.41) is 0. The Morgan fingerprint density at radius 2 is 1.76 bits per heavy atom. The van der Waals surface area contributed by atoms with Gasteiger partial charge in [-0.05, 0) is 60.3 Å². The molecular formula is C25H37BrO7. The highest BCUT2D eigenvalue weighted by molar-refractivity contribution is 9.11. The third-order valence-corrected chi connectivity index (χ3v) is 9.25. The van der Waals surface area contributed by atoms with E-state index in [4.69, 9.17) is 28.4 Å². The Labute approximate surface area is 205 Å². The van der Waals surface area contributed by atoms with Gasteiger partial charge in [0.2, 0.25) is 0 Å². The molecule has 1 aliphatic heterocycles. The molecule has 7 nitrogen and oxygen atoms in total. The standard InChI is InChI=1S/C25H37BrO7/c1-7-14-17-11-20(26)18-9-13(8-15(18)16(17)10-19(14)24(27)31-6)33-25-23(30-5)22(29-4)21(28-3)12(2)32-25/h7,11-19,21-23,25H,1,8-10H2,2-6H3/t12-,13-,14-,15-,16-,17-,18+,19+,21-,22+,23+,25-/m0/s1. The van der Waals surface area contributed by atoms with Crippen LogP contribution in [0.15, 0.2) is 23.2 Å². The van der Waals surface area contributed by atoms with Crippen molar-refractivity contribution in [1.29, 1.82) is 0 Å². The highest BCUT2D eigenvalue weighted by Gasteiger charge is 2.55. The first kappa shape index (κ1) is 25.3. The summed E-state index contributed by atoms with van der Waals surface area (Å²) in [7, 11) is 6.44. The monoisotopic (exact) mass is 528 g/mol. The normalized spacial score (nSPS) is 46.9. The van der Waals surface area contributed by atoms with Crippen molar-refractivity contribution in [3.8, 4) is 0 Å². The van der Waals surface area contributed by atoms with Crippen LogP contribution in [0.3, 0.4) is 0 Å². The molecule has 3 aliphatic carbocycles. The smallest absolute Gasteiger partial charge is 0.309 e. The molecule has 0 unspecified atom stereocenters. The van der Waals surface area contributed by atoms with Crippen LogP contribution >= 0.6 is 15.9 Å². The van der Waals surface area contributed by atoms with Gasteiger partial charge in [-0.2, -0.15) is 0 Å². The molecule has 0 aromatic carbocycles. The fourth-order valence-electron chi connectivity index (χ4n) is 6.93. The molecule has 186 valence electrons. The van der Waals surface area contributed by atoms with Gasteiger partial charge in [-0.15, -0.1) is 6.58 Å². The van der Waals surface area contributed by atoms with Gasteiger partial charge in [0.1, 0.15) is 18.3 Å². The minimum atomic E-state index is -0.530. The SMILES string of the molecule is C=C[C@H]1[C@@H]2C=C(Br)[C@@H]3C[C@@H](O[C@@H]4O[C@@H](C)[C@H](OC)[C@@H](OC)[C@H]4OC)C[C@H]3[C@@H]2C[C@H]1C(=O)OC. The molecule has 3 fully saturated rings. The molecule has 1 heterocycles. The van der Waals surface area contributed by atoms with E-state index in [2.05, 4.69) is 28.6 Å². The summed E-state index contributed by atoms with van der Waals surface area (Å²) in [6.07, 6.45) is 5.33. The molecule has 33 heavy (non-hydrogen) atoms. The van der Waals surface area contributed by atoms with Crippen molar-refractivity contribution in [2.75, 3.05) is 28.4 Å². The maximum absolute atomic E-state index is 12.5. The summed E-state index contributed by atoms with van der Waals surface area (Å²) >= 11 is 3.85. The van der Waals surface area contributed by atoms with E-state index in [1.54, 1.807) is 21.3 Å². The second kappa shape index (κ2) is 10.5. The highest BCUT2D eigenvalue weighted by atomic mass is 79.9. The minimum Gasteiger partial charge on any atom is -0.469 e. The number of methoxy groups -OCH3 is 4. The van der Waals surface area contributed by atoms with Gasteiger partial charge in [-0.25, -0.2) is 0 Å². The molecule has 0 radical (unpaired) electrons. The van der Waals surface area contributed by atoms with Crippen LogP contribution in [-0.2, 0) is 33.2 Å². The van der Waals surface area contributed by atoms with E-state index in [9.17, 15) is 4.79 Å². The van der Waals surface area contributed by atoms with Crippen molar-refractivity contribution in [3.63, 3.8) is 0 Å². The van der Waals surface area contributed by atoms with Crippen molar-refractivity contribution < 1.29 is 33.2 Å². The molecular weight excluding hydrogens is 492 g/mol. The Hall–Kier alpha value is -0.770. The molecule has 12 atom stereocenters. The second-order valence-corrected chi connectivity index (χ2v) is 10.7. The lowest BCUT2D eigenvalue weighted by Gasteiger charge is -2.44. The van der Waals surface area contributed by atoms with E-state index < -0.39 is 6.29 Å². The van der Waals surface area contributed by atoms with E-state index in [1.807, 2.05) is 13.0 Å². The van der Waals surface area contributed by atoms with Crippen molar-refractivity contribution in [1.82, 2.24) is 0 Å². The van der Waals surface area contributed by atoms with Crippen molar-refractivity contribution in [3.05, 3.63) is 23.2 Å². The van der Waals surface area contributed by atoms with E-state index >= 15 is 0 Å². The lowest BCUT2D eigenvalue weighted by atomic mass is 9.72. The largest absolute Gasteiger partial charge is 0.469 e. The average Bonchev–Trinajstić information content (AvgIpc) is 3.39. The Morgan fingerprint density at radius 3 is 2.36 bits per heavy atom. The van der Waals surface area contributed by atoms with Gasteiger partial charge in [0.15, 0.2) is 6.29 Å². The van der Waals surface area contributed by atoms with Crippen molar-refractivity contribution in [2.24, 2.45) is 35.5 Å². The van der Waals surface area contributed by atoms with Gasteiger partial charge in [-0.3, -0.25) is 4.79 Å². The first-order valence-electron chi connectivity index (χ1n) is 11.8. The van der Waals surface area contributed by atoms with E-state index in [0.29, 0.717) is 23.7 Å². The summed E-state index contributed by atoms with van der Waals surface area (Å²) in [5.74, 6) is 1.35. The topological polar surface area (TPSA) is 72.5 Å². The van der Waals surface area contributed by atoms with Crippen LogP contribution in [0.5, 0.6) is 0 Å². The van der Waals surface area contributed by atoms with Gasteiger partial charge in [0.05, 0.1) is 25.2 Å². The lowest BCUT2D eigenvalue weighted by Crippen LogP contribution is -2.59. The predicted octanol–water partition coefficient (Wildman–Crippen LogP) is 3.71. The number of fused-ring (bicyclic) bond motifs is 3. The fourth-order valence-corrected chi connectivity index (χ4v) is 7.76. The highest BCUT2D eigenvalue weighted by Crippen LogP contribution is 2.58. The quantitative estimate of drug-likeness (QED) is 0.368. The number of rotatable bonds is 7. The Kier molecular flexibility index (Phi) is 8.03. The van der Waals surface area contributed by atoms with E-state index in [-0.39, 0.29) is 48.3 Å². The summed E-state index contributed by atoms with van der Waals surface area (Å²) in [6.45, 7) is 6.00. The molecule has 0 N–H and O–H groups in total. The van der Waals surface area contributed by atoms with Crippen LogP contribution in [0.25, 0.3) is 0 Å². The second-order valence-electron chi connectivity index (χ2n) is 9.78. The fraction of sp³-hybridized carbons (Fsp3) is 0.800. The molecule has 0 amide bonds. The molecule has 0 spiro atoms. The van der Waals surface area contributed by atoms with E-state index in [1.165, 1.54) is 11.6 Å². The maximum atomic E-state index is 12.5. The van der Waals surface area contributed by atoms with Crippen LogP contribution in [0, 0.1) is 35.5 Å². The van der Waals surface area contributed by atoms with Gasteiger partial charge >= 0.3 is 5.97 Å². The molecule has 0 bridgehead atoms. The number of ether oxygens (including phenoxy) is 6. The van der Waals surface area contributed by atoms with Gasteiger partial charge in [-0.1, -0.05) is 28.1 Å². The van der Waals surface area contributed by atoms with Gasteiger partial charge in [0, 0.05) is 21.3 Å². The molecule has 2 saturated carbocycles.